The molecular weight excluding hydrogens is 364 g/mol. The molecule has 0 aromatic rings. The van der Waals surface area contributed by atoms with Crippen LogP contribution in [0.2, 0.25) is 0 Å². The van der Waals surface area contributed by atoms with E-state index in [2.05, 4.69) is 54.2 Å². The Labute approximate surface area is 186 Å². The van der Waals surface area contributed by atoms with E-state index in [9.17, 15) is 5.11 Å². The predicted molar refractivity (Wildman–Crippen MR) is 128 cm³/mol. The Morgan fingerprint density at radius 1 is 1.07 bits per heavy atom. The molecule has 1 nitrogen and oxygen atoms in total. The molecule has 0 radical (unpaired) electrons. The molecule has 1 N–H and O–H groups in total. The third kappa shape index (κ3) is 3.46. The van der Waals surface area contributed by atoms with Crippen molar-refractivity contribution in [3.05, 3.63) is 23.8 Å². The number of aliphatic hydroxyl groups is 1. The van der Waals surface area contributed by atoms with E-state index < -0.39 is 0 Å². The van der Waals surface area contributed by atoms with Gasteiger partial charge in [0.15, 0.2) is 0 Å². The molecule has 3 fully saturated rings. The van der Waals surface area contributed by atoms with Crippen LogP contribution < -0.4 is 0 Å². The van der Waals surface area contributed by atoms with Gasteiger partial charge in [0.1, 0.15) is 0 Å². The fourth-order valence-electron chi connectivity index (χ4n) is 8.82. The lowest BCUT2D eigenvalue weighted by Gasteiger charge is -2.59. The van der Waals surface area contributed by atoms with Crippen LogP contribution in [0.15, 0.2) is 23.8 Å². The molecular formula is C29H48O. The van der Waals surface area contributed by atoms with Crippen LogP contribution in [0.4, 0.5) is 0 Å². The van der Waals surface area contributed by atoms with Gasteiger partial charge in [0.05, 0.1) is 6.10 Å². The van der Waals surface area contributed by atoms with Crippen LogP contribution in [0, 0.1) is 52.3 Å². The van der Waals surface area contributed by atoms with E-state index in [0.29, 0.717) is 28.6 Å². The van der Waals surface area contributed by atoms with Crippen molar-refractivity contribution >= 4 is 0 Å². The van der Waals surface area contributed by atoms with Gasteiger partial charge >= 0.3 is 0 Å². The molecule has 30 heavy (non-hydrogen) atoms. The van der Waals surface area contributed by atoms with Gasteiger partial charge in [0.25, 0.3) is 0 Å². The lowest BCUT2D eigenvalue weighted by atomic mass is 9.46. The standard InChI is InChI=1S/C29H48O/c1-18(2)19(3)8-9-20(4)23-12-13-25-22-10-11-24-21(5)27(30)15-17-29(24,7)26(22)14-16-28(23,25)6/h10,18,20-21,23-27,30H,3,8-9,11-17H2,1-2,4-7H3/t20?,21-,23-,24+,25+,26+,27+,28-,29+/m1/s1. The molecule has 0 amide bonds. The molecule has 170 valence electrons. The summed E-state index contributed by atoms with van der Waals surface area (Å²) in [6.07, 6.45) is 14.2. The van der Waals surface area contributed by atoms with Crippen molar-refractivity contribution in [2.24, 2.45) is 52.3 Å². The number of hydrogen-bond acceptors (Lipinski definition) is 1. The fourth-order valence-corrected chi connectivity index (χ4v) is 8.82. The average Bonchev–Trinajstić information content (AvgIpc) is 3.06. The molecule has 9 atom stereocenters. The Kier molecular flexibility index (Phi) is 6.10. The molecule has 0 bridgehead atoms. The first-order valence-electron chi connectivity index (χ1n) is 13.1. The van der Waals surface area contributed by atoms with Crippen LogP contribution in [0.3, 0.4) is 0 Å². The zero-order chi connectivity index (χ0) is 21.8. The second-order valence-electron chi connectivity index (χ2n) is 12.7. The van der Waals surface area contributed by atoms with Crippen molar-refractivity contribution in [1.82, 2.24) is 0 Å². The van der Waals surface area contributed by atoms with Crippen molar-refractivity contribution in [3.63, 3.8) is 0 Å². The van der Waals surface area contributed by atoms with Crippen molar-refractivity contribution in [1.29, 1.82) is 0 Å². The Balaban J connectivity index is 1.52. The largest absolute Gasteiger partial charge is 0.393 e. The number of aliphatic hydroxyl groups excluding tert-OH is 1. The highest BCUT2D eigenvalue weighted by Gasteiger charge is 2.59. The van der Waals surface area contributed by atoms with Gasteiger partial charge in [0, 0.05) is 0 Å². The Bertz CT molecular complexity index is 688. The zero-order valence-electron chi connectivity index (χ0n) is 20.7. The predicted octanol–water partition coefficient (Wildman–Crippen LogP) is 7.80. The van der Waals surface area contributed by atoms with E-state index in [-0.39, 0.29) is 6.10 Å². The minimum absolute atomic E-state index is 0.0795. The van der Waals surface area contributed by atoms with Gasteiger partial charge in [-0.3, -0.25) is 0 Å². The fraction of sp³-hybridized carbons (Fsp3) is 0.862. The van der Waals surface area contributed by atoms with Gasteiger partial charge in [-0.1, -0.05) is 65.3 Å². The van der Waals surface area contributed by atoms with E-state index in [0.717, 1.165) is 30.1 Å². The van der Waals surface area contributed by atoms with Gasteiger partial charge in [-0.15, -0.1) is 0 Å². The van der Waals surface area contributed by atoms with E-state index in [4.69, 9.17) is 0 Å². The van der Waals surface area contributed by atoms with E-state index in [1.807, 2.05) is 5.57 Å². The summed E-state index contributed by atoms with van der Waals surface area (Å²) in [5.74, 6) is 5.04. The minimum Gasteiger partial charge on any atom is -0.393 e. The molecule has 0 aromatic heterocycles. The minimum atomic E-state index is -0.0795. The van der Waals surface area contributed by atoms with E-state index >= 15 is 0 Å². The summed E-state index contributed by atoms with van der Waals surface area (Å²) in [6.45, 7) is 19.0. The SMILES string of the molecule is C=C(CCC(C)[C@H]1CC[C@H]2C3=CC[C@H]4[C@@H](C)[C@@H](O)CC[C@]4(C)[C@H]3CC[C@]12C)C(C)C. The second-order valence-corrected chi connectivity index (χ2v) is 12.7. The molecule has 3 saturated carbocycles. The van der Waals surface area contributed by atoms with Crippen molar-refractivity contribution in [2.45, 2.75) is 105 Å². The lowest BCUT2D eigenvalue weighted by molar-refractivity contribution is -0.0773. The van der Waals surface area contributed by atoms with Crippen LogP contribution in [0.1, 0.15) is 99.3 Å². The first-order chi connectivity index (χ1) is 14.1. The highest BCUT2D eigenvalue weighted by Crippen LogP contribution is 2.67. The third-order valence-electron chi connectivity index (χ3n) is 11.1. The van der Waals surface area contributed by atoms with Gasteiger partial charge in [-0.25, -0.2) is 0 Å². The summed E-state index contributed by atoms with van der Waals surface area (Å²) in [5, 5.41) is 10.5. The van der Waals surface area contributed by atoms with Gasteiger partial charge in [0.2, 0.25) is 0 Å². The quantitative estimate of drug-likeness (QED) is 0.457. The Morgan fingerprint density at radius 3 is 2.43 bits per heavy atom. The monoisotopic (exact) mass is 412 g/mol. The molecule has 0 aromatic carbocycles. The van der Waals surface area contributed by atoms with Crippen LogP contribution in [0.25, 0.3) is 0 Å². The highest BCUT2D eigenvalue weighted by molar-refractivity contribution is 5.28. The average molecular weight is 413 g/mol. The molecule has 1 heteroatoms. The summed E-state index contributed by atoms with van der Waals surface area (Å²) < 4.78 is 0. The van der Waals surface area contributed by atoms with Crippen molar-refractivity contribution < 1.29 is 5.11 Å². The topological polar surface area (TPSA) is 20.2 Å². The first-order valence-corrected chi connectivity index (χ1v) is 13.1. The number of allylic oxidation sites excluding steroid dienone is 3. The second kappa shape index (κ2) is 8.09. The van der Waals surface area contributed by atoms with Crippen molar-refractivity contribution in [2.75, 3.05) is 0 Å². The van der Waals surface area contributed by atoms with E-state index in [1.165, 1.54) is 56.9 Å². The van der Waals surface area contributed by atoms with Crippen LogP contribution in [-0.2, 0) is 0 Å². The number of rotatable bonds is 5. The summed E-state index contributed by atoms with van der Waals surface area (Å²) in [6, 6.07) is 0. The number of fused-ring (bicyclic) bond motifs is 5. The van der Waals surface area contributed by atoms with Crippen molar-refractivity contribution in [3.8, 4) is 0 Å². The Morgan fingerprint density at radius 2 is 1.73 bits per heavy atom. The maximum absolute atomic E-state index is 10.5. The molecule has 4 aliphatic rings. The Hall–Kier alpha value is -0.560. The molecule has 0 saturated heterocycles. The molecule has 4 aliphatic carbocycles. The van der Waals surface area contributed by atoms with Crippen LogP contribution >= 0.6 is 0 Å². The summed E-state index contributed by atoms with van der Waals surface area (Å²) >= 11 is 0. The van der Waals surface area contributed by atoms with Crippen LogP contribution in [-0.4, -0.2) is 11.2 Å². The van der Waals surface area contributed by atoms with Crippen LogP contribution in [0.5, 0.6) is 0 Å². The first kappa shape index (κ1) is 22.6. The maximum atomic E-state index is 10.5. The summed E-state index contributed by atoms with van der Waals surface area (Å²) in [4.78, 5) is 0. The molecule has 0 aliphatic heterocycles. The van der Waals surface area contributed by atoms with Gasteiger partial charge in [-0.2, -0.15) is 0 Å². The molecule has 0 heterocycles. The van der Waals surface area contributed by atoms with Gasteiger partial charge in [-0.05, 0) is 110 Å². The summed E-state index contributed by atoms with van der Waals surface area (Å²) in [5.41, 5.74) is 4.22. The number of hydrogen-bond donors (Lipinski definition) is 1. The normalized spacial score (nSPS) is 46.6. The summed E-state index contributed by atoms with van der Waals surface area (Å²) in [7, 11) is 0. The van der Waals surface area contributed by atoms with Gasteiger partial charge < -0.3 is 5.11 Å². The maximum Gasteiger partial charge on any atom is 0.0568 e. The molecule has 1 unspecified atom stereocenters. The smallest absolute Gasteiger partial charge is 0.0568 e. The molecule has 0 spiro atoms. The zero-order valence-corrected chi connectivity index (χ0v) is 20.7. The molecule has 4 rings (SSSR count). The highest BCUT2D eigenvalue weighted by atomic mass is 16.3. The lowest BCUT2D eigenvalue weighted by Crippen LogP contribution is -2.52. The third-order valence-corrected chi connectivity index (χ3v) is 11.1. The van der Waals surface area contributed by atoms with E-state index in [1.54, 1.807) is 0 Å².